The lowest BCUT2D eigenvalue weighted by atomic mass is 9.71. The second kappa shape index (κ2) is 22.6. The van der Waals surface area contributed by atoms with E-state index < -0.39 is 144 Å². The van der Waals surface area contributed by atoms with Crippen LogP contribution in [0.5, 0.6) is 0 Å². The van der Waals surface area contributed by atoms with E-state index in [-0.39, 0.29) is 44.6 Å². The van der Waals surface area contributed by atoms with E-state index in [2.05, 4.69) is 27.4 Å². The van der Waals surface area contributed by atoms with Gasteiger partial charge in [0.15, 0.2) is 0 Å². The smallest absolute Gasteiger partial charge is 0.366 e. The summed E-state index contributed by atoms with van der Waals surface area (Å²) >= 11 is 0. The molecule has 13 nitrogen and oxygen atoms in total. The molecule has 0 saturated carbocycles. The Kier molecular flexibility index (Phi) is 16.7. The predicted octanol–water partition coefficient (Wildman–Crippen LogP) is 16.3. The van der Waals surface area contributed by atoms with Gasteiger partial charge in [0.05, 0.1) is 50.5 Å². The van der Waals surface area contributed by atoms with Crippen LogP contribution in [0.2, 0.25) is 0 Å². The number of carbonyl (C=O) groups is 8. The first-order valence-corrected chi connectivity index (χ1v) is 30.2. The summed E-state index contributed by atoms with van der Waals surface area (Å²) in [6.45, 7) is 31.9. The molecule has 0 fully saturated rings. The van der Waals surface area contributed by atoms with Gasteiger partial charge in [-0.2, -0.15) is 52.7 Å². The average molecular weight is 1360 g/mol. The molecular formula is C72H67F12N5O8. The topological polar surface area (TPSA) is 176 Å². The number of primary amides is 1. The van der Waals surface area contributed by atoms with Gasteiger partial charge in [-0.3, -0.25) is 53.1 Å². The second-order valence-corrected chi connectivity index (χ2v) is 28.7. The van der Waals surface area contributed by atoms with Crippen LogP contribution in [0, 0.1) is 27.7 Å². The number of halogens is 12. The molecule has 4 aliphatic rings. The molecule has 0 aliphatic carbocycles. The van der Waals surface area contributed by atoms with Gasteiger partial charge >= 0.3 is 24.7 Å². The summed E-state index contributed by atoms with van der Waals surface area (Å²) < 4.78 is 182. The zero-order valence-electron chi connectivity index (χ0n) is 55.5. The first-order valence-electron chi connectivity index (χ1n) is 30.2. The first kappa shape index (κ1) is 71.9. The number of carbonyl (C=O) groups excluding carboxylic acids is 8. The largest absolute Gasteiger partial charge is 0.411 e. The zero-order valence-corrected chi connectivity index (χ0v) is 55.5. The van der Waals surface area contributed by atoms with Crippen molar-refractivity contribution in [1.29, 1.82) is 0 Å². The standard InChI is InChI=1S/C38H38F6N2O3.C34H29F6N3O5/c1-18-20(3)30(21(4)19(2)29(18)34(6,7)8)45-22(5)27-16-23(12-14-25(27)31(45)47)36(37(39,40)41,38(42,43)44)24-13-15-26-28(17-24)33(49)46(32(26)48)35(9,10)11;1-30(2,3)19-11-16(25(41)44)12-20(13-19)42-26(45)21-9-7-17(14-23(21)27(42)46)32(33(35,36)37,34(38,39)40)18-8-10-22-24(15-18)29(48)43(28(22)47)31(4,5)6/h12-17H,5H2,1-4,6-11H3;7-15H,1-6H3,(H2,41,44). The molecule has 4 aliphatic heterocycles. The zero-order chi connectivity index (χ0) is 73.2. The van der Waals surface area contributed by atoms with E-state index >= 15 is 52.7 Å². The summed E-state index contributed by atoms with van der Waals surface area (Å²) in [6.07, 6.45) is -24.2. The van der Waals surface area contributed by atoms with Crippen LogP contribution in [0.4, 0.5) is 64.1 Å². The van der Waals surface area contributed by atoms with Crippen LogP contribution < -0.4 is 15.5 Å². The van der Waals surface area contributed by atoms with Crippen molar-refractivity contribution in [1.82, 2.24) is 9.80 Å². The summed E-state index contributed by atoms with van der Waals surface area (Å²) in [5.74, 6) is -7.57. The molecule has 0 radical (unpaired) electrons. The van der Waals surface area contributed by atoms with Crippen LogP contribution >= 0.6 is 0 Å². The van der Waals surface area contributed by atoms with Gasteiger partial charge in [-0.25, -0.2) is 4.90 Å². The highest BCUT2D eigenvalue weighted by atomic mass is 19.4. The Balaban J connectivity index is 0.000000227. The lowest BCUT2D eigenvalue weighted by Gasteiger charge is -2.38. The van der Waals surface area contributed by atoms with E-state index in [0.29, 0.717) is 70.7 Å². The molecule has 2 N–H and O–H groups in total. The highest BCUT2D eigenvalue weighted by Gasteiger charge is 2.74. The Labute approximate surface area is 550 Å². The minimum atomic E-state index is -6.11. The van der Waals surface area contributed by atoms with E-state index in [1.165, 1.54) is 58.6 Å². The number of alkyl halides is 12. The number of benzene rings is 6. The normalized spacial score (nSPS) is 15.8. The summed E-state index contributed by atoms with van der Waals surface area (Å²) in [4.78, 5) is 109. The third-order valence-corrected chi connectivity index (χ3v) is 18.4. The molecule has 4 heterocycles. The fourth-order valence-electron chi connectivity index (χ4n) is 13.7. The van der Waals surface area contributed by atoms with Crippen molar-refractivity contribution in [3.05, 3.63) is 203 Å². The monoisotopic (exact) mass is 1360 g/mol. The molecule has 10 rings (SSSR count). The molecule has 6 aromatic rings. The molecule has 8 amide bonds. The minimum Gasteiger partial charge on any atom is -0.366 e. The molecule has 97 heavy (non-hydrogen) atoms. The molecule has 0 unspecified atom stereocenters. The molecule has 0 bridgehead atoms. The Morgan fingerprint density at radius 3 is 0.979 bits per heavy atom. The number of hydrogen-bond acceptors (Lipinski definition) is 8. The van der Waals surface area contributed by atoms with Crippen molar-refractivity contribution >= 4 is 64.3 Å². The molecular weight excluding hydrogens is 1290 g/mol. The van der Waals surface area contributed by atoms with Gasteiger partial charge in [-0.1, -0.05) is 72.4 Å². The van der Waals surface area contributed by atoms with Crippen molar-refractivity contribution in [3.8, 4) is 0 Å². The molecule has 0 saturated heterocycles. The minimum absolute atomic E-state index is 0.0656. The van der Waals surface area contributed by atoms with Crippen LogP contribution in [0.3, 0.4) is 0 Å². The number of fused-ring (bicyclic) bond motifs is 4. The Bertz CT molecular complexity index is 4450. The predicted molar refractivity (Wildman–Crippen MR) is 337 cm³/mol. The lowest BCUT2D eigenvalue weighted by molar-refractivity contribution is -0.290. The van der Waals surface area contributed by atoms with E-state index in [1.54, 1.807) is 20.8 Å². The van der Waals surface area contributed by atoms with Crippen molar-refractivity contribution in [2.45, 2.75) is 168 Å². The average Bonchev–Trinajstić information content (AvgIpc) is 1.69. The van der Waals surface area contributed by atoms with Gasteiger partial charge in [-0.15, -0.1) is 0 Å². The van der Waals surface area contributed by atoms with Gasteiger partial charge in [-0.05, 0) is 202 Å². The highest BCUT2D eigenvalue weighted by Crippen LogP contribution is 2.60. The Hall–Kier alpha value is -9.42. The number of hydrogen-bond donors (Lipinski definition) is 1. The van der Waals surface area contributed by atoms with Crippen molar-refractivity contribution < 1.29 is 91.0 Å². The van der Waals surface area contributed by atoms with Crippen molar-refractivity contribution in [2.75, 3.05) is 9.80 Å². The van der Waals surface area contributed by atoms with Crippen molar-refractivity contribution in [2.24, 2.45) is 5.73 Å². The van der Waals surface area contributed by atoms with Gasteiger partial charge in [0.2, 0.25) is 16.7 Å². The number of nitrogens with zero attached hydrogens (tertiary/aromatic N) is 4. The van der Waals surface area contributed by atoms with Gasteiger partial charge in [0.1, 0.15) is 0 Å². The van der Waals surface area contributed by atoms with Crippen LogP contribution in [-0.4, -0.2) is 92.8 Å². The molecule has 0 spiro atoms. The summed E-state index contributed by atoms with van der Waals surface area (Å²) in [6, 6.07) is 11.4. The third-order valence-electron chi connectivity index (χ3n) is 18.4. The van der Waals surface area contributed by atoms with E-state index in [1.807, 2.05) is 27.7 Å². The molecule has 0 aromatic heterocycles. The molecule has 0 atom stereocenters. The second-order valence-electron chi connectivity index (χ2n) is 28.7. The van der Waals surface area contributed by atoms with E-state index in [9.17, 15) is 38.4 Å². The quantitative estimate of drug-likeness (QED) is 0.121. The fourth-order valence-corrected chi connectivity index (χ4v) is 13.7. The number of anilines is 2. The van der Waals surface area contributed by atoms with Crippen LogP contribution in [-0.2, 0) is 21.7 Å². The Morgan fingerprint density at radius 1 is 0.361 bits per heavy atom. The fraction of sp³-hybridized carbons (Fsp3) is 0.361. The molecule has 6 aromatic carbocycles. The van der Waals surface area contributed by atoms with Gasteiger partial charge in [0, 0.05) is 27.8 Å². The molecule has 25 heteroatoms. The van der Waals surface area contributed by atoms with E-state index in [0.717, 1.165) is 61.9 Å². The number of rotatable bonds is 7. The van der Waals surface area contributed by atoms with Crippen LogP contribution in [0.25, 0.3) is 5.70 Å². The third kappa shape index (κ3) is 10.9. The maximum Gasteiger partial charge on any atom is 0.411 e. The summed E-state index contributed by atoms with van der Waals surface area (Å²) in [5.41, 5.74) is -10.8. The SMILES string of the molecule is C=C1c2cc(C(c3ccc4c(c3)C(=O)N(C(C)(C)C)C4=O)(C(F)(F)F)C(F)(F)F)ccc2C(=O)N1c1c(C)c(C)c(C(C)(C)C)c(C)c1C.CC(C)(C)c1cc(C(N)=O)cc(N2C(=O)c3ccc(C(c4ccc5c(c4)C(=O)N(C(C)(C)C)C5=O)(C(F)(F)F)C(F)(F)F)cc3C2=O)c1. The maximum atomic E-state index is 15.2. The van der Waals surface area contributed by atoms with Crippen molar-refractivity contribution in [3.63, 3.8) is 0 Å². The maximum absolute atomic E-state index is 15.2. The number of nitrogens with two attached hydrogens (primary N) is 1. The van der Waals surface area contributed by atoms with E-state index in [4.69, 9.17) is 5.73 Å². The molecule has 512 valence electrons. The number of amides is 8. The summed E-state index contributed by atoms with van der Waals surface area (Å²) in [7, 11) is 0. The van der Waals surface area contributed by atoms with Gasteiger partial charge < -0.3 is 5.73 Å². The lowest BCUT2D eigenvalue weighted by Crippen LogP contribution is -2.55. The van der Waals surface area contributed by atoms with Crippen LogP contribution in [0.15, 0.2) is 97.6 Å². The Morgan fingerprint density at radius 2 is 0.660 bits per heavy atom. The first-order chi connectivity index (χ1) is 44.0. The number of imide groups is 3. The highest BCUT2D eigenvalue weighted by molar-refractivity contribution is 6.35. The summed E-state index contributed by atoms with van der Waals surface area (Å²) in [5, 5.41) is 0. The van der Waals surface area contributed by atoms with Crippen LogP contribution in [0.1, 0.15) is 227 Å². The van der Waals surface area contributed by atoms with Gasteiger partial charge in [0.25, 0.3) is 41.4 Å².